The first-order valence-corrected chi connectivity index (χ1v) is 8.33. The van der Waals surface area contributed by atoms with Crippen molar-refractivity contribution >= 4 is 5.91 Å². The molecule has 2 aliphatic heterocycles. The van der Waals surface area contributed by atoms with Gasteiger partial charge in [-0.25, -0.2) is 6.57 Å². The second-order valence-electron chi connectivity index (χ2n) is 7.00. The molecule has 0 bridgehead atoms. The summed E-state index contributed by atoms with van der Waals surface area (Å²) in [6.07, 6.45) is -3.75. The molecule has 4 nitrogen and oxygen atoms in total. The lowest BCUT2D eigenvalue weighted by molar-refractivity contribution is -0.138. The third-order valence-electron chi connectivity index (χ3n) is 4.89. The van der Waals surface area contributed by atoms with Crippen LogP contribution in [-0.4, -0.2) is 40.9 Å². The molecule has 0 spiro atoms. The van der Waals surface area contributed by atoms with Crippen LogP contribution in [0.4, 0.5) is 13.2 Å². The third-order valence-corrected chi connectivity index (χ3v) is 4.89. The van der Waals surface area contributed by atoms with Crippen LogP contribution in [0.2, 0.25) is 0 Å². The van der Waals surface area contributed by atoms with E-state index in [1.54, 1.807) is 19.9 Å². The van der Waals surface area contributed by atoms with E-state index in [2.05, 4.69) is 4.85 Å². The molecule has 1 unspecified atom stereocenters. The van der Waals surface area contributed by atoms with Gasteiger partial charge in [-0.05, 0) is 37.1 Å². The van der Waals surface area contributed by atoms with Crippen LogP contribution in [0.25, 0.3) is 4.85 Å². The first-order valence-electron chi connectivity index (χ1n) is 8.33. The Hall–Kier alpha value is -2.07. The topological polar surface area (TPSA) is 27.9 Å². The maximum Gasteiger partial charge on any atom is 0.416 e. The van der Waals surface area contributed by atoms with E-state index in [0.29, 0.717) is 25.2 Å². The molecule has 25 heavy (non-hydrogen) atoms. The molecule has 1 saturated heterocycles. The molecule has 0 radical (unpaired) electrons. The van der Waals surface area contributed by atoms with Gasteiger partial charge in [-0.3, -0.25) is 9.69 Å². The van der Waals surface area contributed by atoms with Gasteiger partial charge in [0.2, 0.25) is 6.04 Å². The quantitative estimate of drug-likeness (QED) is 0.779. The van der Waals surface area contributed by atoms with Crippen LogP contribution in [0.15, 0.2) is 12.1 Å². The van der Waals surface area contributed by atoms with Gasteiger partial charge in [-0.1, -0.05) is 0 Å². The summed E-state index contributed by atoms with van der Waals surface area (Å²) < 4.78 is 40.6. The molecule has 0 saturated carbocycles. The van der Waals surface area contributed by atoms with E-state index in [9.17, 15) is 18.0 Å². The first-order chi connectivity index (χ1) is 11.7. The molecule has 0 aliphatic carbocycles. The fourth-order valence-electron chi connectivity index (χ4n) is 3.57. The van der Waals surface area contributed by atoms with Gasteiger partial charge in [-0.2, -0.15) is 13.2 Å². The van der Waals surface area contributed by atoms with E-state index in [4.69, 9.17) is 6.57 Å². The van der Waals surface area contributed by atoms with Gasteiger partial charge in [-0.15, -0.1) is 0 Å². The largest absolute Gasteiger partial charge is 0.416 e. The highest BCUT2D eigenvalue weighted by molar-refractivity contribution is 5.99. The summed E-state index contributed by atoms with van der Waals surface area (Å²) in [7, 11) is 0. The summed E-state index contributed by atoms with van der Waals surface area (Å²) in [6.45, 7) is 12.3. The van der Waals surface area contributed by atoms with Crippen LogP contribution in [0.3, 0.4) is 0 Å². The molecule has 1 aromatic carbocycles. The Kier molecular flexibility index (Phi) is 4.50. The molecule has 2 aliphatic rings. The van der Waals surface area contributed by atoms with Crippen molar-refractivity contribution in [1.82, 2.24) is 9.80 Å². The predicted molar refractivity (Wildman–Crippen MR) is 86.7 cm³/mol. The van der Waals surface area contributed by atoms with Crippen LogP contribution >= 0.6 is 0 Å². The Morgan fingerprint density at radius 3 is 2.64 bits per heavy atom. The van der Waals surface area contributed by atoms with Gasteiger partial charge in [0.05, 0.1) is 12.1 Å². The number of benzene rings is 1. The summed E-state index contributed by atoms with van der Waals surface area (Å²) in [5.74, 6) is -0.335. The second-order valence-corrected chi connectivity index (χ2v) is 7.00. The van der Waals surface area contributed by atoms with Crippen molar-refractivity contribution in [2.45, 2.75) is 51.6 Å². The lowest BCUT2D eigenvalue weighted by Gasteiger charge is -2.20. The summed E-state index contributed by atoms with van der Waals surface area (Å²) in [5, 5.41) is 0. The van der Waals surface area contributed by atoms with Crippen molar-refractivity contribution in [3.63, 3.8) is 0 Å². The van der Waals surface area contributed by atoms with E-state index in [1.807, 2.05) is 4.90 Å². The molecule has 0 aromatic heterocycles. The molecule has 1 aromatic rings. The minimum atomic E-state index is -4.49. The number of carbonyl (C=O) groups is 1. The van der Waals surface area contributed by atoms with E-state index in [-0.39, 0.29) is 35.7 Å². The molecular formula is C18H20F3N3O. The number of carbonyl (C=O) groups excluding carboxylic acids is 1. The average Bonchev–Trinajstić information content (AvgIpc) is 3.11. The van der Waals surface area contributed by atoms with Crippen molar-refractivity contribution in [2.75, 3.05) is 13.1 Å². The number of hydrogen-bond donors (Lipinski definition) is 0. The SMILES string of the molecule is [C-]#[N+]C1CCN(Cc2cc3c(c(C(F)(F)F)c2)CN(C(C)C)C3=O)C1. The first kappa shape index (κ1) is 17.7. The van der Waals surface area contributed by atoms with Gasteiger partial charge in [0, 0.05) is 37.7 Å². The Morgan fingerprint density at radius 2 is 2.08 bits per heavy atom. The Balaban J connectivity index is 1.95. The van der Waals surface area contributed by atoms with Crippen LogP contribution in [-0.2, 0) is 19.3 Å². The number of alkyl halides is 3. The molecule has 0 N–H and O–H groups in total. The highest BCUT2D eigenvalue weighted by Crippen LogP contribution is 2.39. The van der Waals surface area contributed by atoms with Gasteiger partial charge >= 0.3 is 6.18 Å². The van der Waals surface area contributed by atoms with Gasteiger partial charge in [0.25, 0.3) is 5.91 Å². The minimum absolute atomic E-state index is 0.00443. The molecule has 1 atom stereocenters. The van der Waals surface area contributed by atoms with E-state index >= 15 is 0 Å². The maximum atomic E-state index is 13.5. The third kappa shape index (κ3) is 3.36. The predicted octanol–water partition coefficient (Wildman–Crippen LogP) is 3.56. The second kappa shape index (κ2) is 6.34. The van der Waals surface area contributed by atoms with Crippen LogP contribution < -0.4 is 0 Å². The lowest BCUT2D eigenvalue weighted by Crippen LogP contribution is -2.30. The number of hydrogen-bond acceptors (Lipinski definition) is 2. The molecule has 134 valence electrons. The molecule has 1 amide bonds. The zero-order chi connectivity index (χ0) is 18.4. The summed E-state index contributed by atoms with van der Waals surface area (Å²) >= 11 is 0. The number of fused-ring (bicyclic) bond motifs is 1. The van der Waals surface area contributed by atoms with E-state index in [1.165, 1.54) is 11.0 Å². The summed E-state index contributed by atoms with van der Waals surface area (Å²) in [5.41, 5.74) is 0.0166. The summed E-state index contributed by atoms with van der Waals surface area (Å²) in [4.78, 5) is 19.5. The van der Waals surface area contributed by atoms with Crippen molar-refractivity contribution in [1.29, 1.82) is 0 Å². The Morgan fingerprint density at radius 1 is 1.36 bits per heavy atom. The van der Waals surface area contributed by atoms with Crippen LogP contribution in [0.1, 0.15) is 47.3 Å². The molecule has 2 heterocycles. The molecule has 3 rings (SSSR count). The monoisotopic (exact) mass is 351 g/mol. The normalized spacial score (nSPS) is 21.1. The van der Waals surface area contributed by atoms with Crippen LogP contribution in [0, 0.1) is 6.57 Å². The number of nitrogens with zero attached hydrogens (tertiary/aromatic N) is 3. The Bertz CT molecular complexity index is 736. The number of likely N-dealkylation sites (tertiary alicyclic amines) is 1. The Labute approximate surface area is 145 Å². The smallest absolute Gasteiger partial charge is 0.332 e. The van der Waals surface area contributed by atoms with Gasteiger partial charge in [0.15, 0.2) is 0 Å². The van der Waals surface area contributed by atoms with Crippen molar-refractivity contribution < 1.29 is 18.0 Å². The zero-order valence-corrected chi connectivity index (χ0v) is 14.2. The molecule has 1 fully saturated rings. The van der Waals surface area contributed by atoms with Gasteiger partial charge < -0.3 is 9.74 Å². The van der Waals surface area contributed by atoms with Crippen molar-refractivity contribution in [2.24, 2.45) is 0 Å². The lowest BCUT2D eigenvalue weighted by atomic mass is 9.98. The molecular weight excluding hydrogens is 331 g/mol. The van der Waals surface area contributed by atoms with Crippen molar-refractivity contribution in [3.05, 3.63) is 45.8 Å². The van der Waals surface area contributed by atoms with Gasteiger partial charge in [0.1, 0.15) is 0 Å². The standard InChI is InChI=1S/C18H20F3N3O/c1-11(2)24-10-15-14(17(24)25)6-12(7-16(15)18(19,20)21)8-23-5-4-13(9-23)22-3/h6-7,11,13H,4-5,8-10H2,1-2H3. The van der Waals surface area contributed by atoms with E-state index < -0.39 is 11.7 Å². The average molecular weight is 351 g/mol. The summed E-state index contributed by atoms with van der Waals surface area (Å²) in [6, 6.07) is 2.53. The highest BCUT2D eigenvalue weighted by Gasteiger charge is 2.40. The zero-order valence-electron chi connectivity index (χ0n) is 14.2. The number of amides is 1. The fourth-order valence-corrected chi connectivity index (χ4v) is 3.57. The maximum absolute atomic E-state index is 13.5. The number of halogens is 3. The van der Waals surface area contributed by atoms with E-state index in [0.717, 1.165) is 6.42 Å². The fraction of sp³-hybridized carbons (Fsp3) is 0.556. The minimum Gasteiger partial charge on any atom is -0.332 e. The van der Waals surface area contributed by atoms with Crippen LogP contribution in [0.5, 0.6) is 0 Å². The molecule has 7 heteroatoms. The highest BCUT2D eigenvalue weighted by atomic mass is 19.4. The number of rotatable bonds is 3. The van der Waals surface area contributed by atoms with Crippen molar-refractivity contribution in [3.8, 4) is 0 Å².